The third-order valence-corrected chi connectivity index (χ3v) is 5.89. The quantitative estimate of drug-likeness (QED) is 0.834. The molecule has 0 amide bonds. The van der Waals surface area contributed by atoms with Crippen LogP contribution in [0.5, 0.6) is 0 Å². The van der Waals surface area contributed by atoms with E-state index in [1.165, 1.54) is 38.8 Å². The summed E-state index contributed by atoms with van der Waals surface area (Å²) in [5.74, 6) is 2.25. The third kappa shape index (κ3) is 3.93. The zero-order valence-corrected chi connectivity index (χ0v) is 15.1. The second-order valence-corrected chi connectivity index (χ2v) is 7.48. The van der Waals surface area contributed by atoms with Crippen LogP contribution in [0.1, 0.15) is 38.5 Å². The van der Waals surface area contributed by atoms with Crippen molar-refractivity contribution in [2.45, 2.75) is 45.2 Å². The molecular formula is C20H28N4O. The van der Waals surface area contributed by atoms with E-state index in [0.29, 0.717) is 5.82 Å². The summed E-state index contributed by atoms with van der Waals surface area (Å²) in [5.41, 5.74) is 1.01. The van der Waals surface area contributed by atoms with Crippen LogP contribution in [0.3, 0.4) is 0 Å². The second kappa shape index (κ2) is 7.67. The molecule has 2 fully saturated rings. The highest BCUT2D eigenvalue weighted by Crippen LogP contribution is 2.27. The maximum absolute atomic E-state index is 5.47. The first-order valence-corrected chi connectivity index (χ1v) is 9.64. The Morgan fingerprint density at radius 3 is 2.52 bits per heavy atom. The lowest BCUT2D eigenvalue weighted by Gasteiger charge is -2.37. The second-order valence-electron chi connectivity index (χ2n) is 7.48. The molecule has 2 aliphatic rings. The monoisotopic (exact) mass is 340 g/mol. The predicted octanol–water partition coefficient (Wildman–Crippen LogP) is 3.43. The zero-order valence-electron chi connectivity index (χ0n) is 15.1. The minimum atomic E-state index is 0.688. The molecule has 0 aliphatic carbocycles. The molecule has 5 heteroatoms. The van der Waals surface area contributed by atoms with Gasteiger partial charge in [-0.25, -0.2) is 0 Å². The minimum Gasteiger partial charge on any atom is -0.338 e. The number of hydrogen-bond acceptors (Lipinski definition) is 5. The van der Waals surface area contributed by atoms with Crippen LogP contribution in [0, 0.1) is 5.92 Å². The highest BCUT2D eigenvalue weighted by molar-refractivity contribution is 5.53. The Bertz CT molecular complexity index is 657. The zero-order chi connectivity index (χ0) is 17.1. The Kier molecular flexibility index (Phi) is 5.13. The minimum absolute atomic E-state index is 0.688. The smallest absolute Gasteiger partial charge is 0.241 e. The SMILES string of the molecule is CC(C1CCN(Cc2nc(-c3ccccc3)no2)CC1)N1CCCC1. The summed E-state index contributed by atoms with van der Waals surface area (Å²) in [4.78, 5) is 9.70. The molecule has 3 heterocycles. The van der Waals surface area contributed by atoms with E-state index in [9.17, 15) is 0 Å². The fourth-order valence-corrected chi connectivity index (χ4v) is 4.26. The molecule has 0 radical (unpaired) electrons. The first kappa shape index (κ1) is 16.7. The number of benzene rings is 1. The van der Waals surface area contributed by atoms with Crippen molar-refractivity contribution in [1.29, 1.82) is 0 Å². The molecule has 1 atom stereocenters. The number of nitrogens with zero attached hydrogens (tertiary/aromatic N) is 4. The van der Waals surface area contributed by atoms with Gasteiger partial charge in [-0.05, 0) is 64.7 Å². The molecule has 1 aromatic carbocycles. The van der Waals surface area contributed by atoms with E-state index in [-0.39, 0.29) is 0 Å². The Morgan fingerprint density at radius 2 is 1.80 bits per heavy atom. The first-order chi connectivity index (χ1) is 12.3. The van der Waals surface area contributed by atoms with Crippen molar-refractivity contribution < 1.29 is 4.52 Å². The number of rotatable bonds is 5. The van der Waals surface area contributed by atoms with Gasteiger partial charge in [-0.3, -0.25) is 4.90 Å². The van der Waals surface area contributed by atoms with Gasteiger partial charge in [0.15, 0.2) is 0 Å². The van der Waals surface area contributed by atoms with Crippen molar-refractivity contribution >= 4 is 0 Å². The van der Waals surface area contributed by atoms with Crippen molar-refractivity contribution in [2.24, 2.45) is 5.92 Å². The van der Waals surface area contributed by atoms with Crippen LogP contribution in [0.15, 0.2) is 34.9 Å². The first-order valence-electron chi connectivity index (χ1n) is 9.64. The van der Waals surface area contributed by atoms with Gasteiger partial charge < -0.3 is 9.42 Å². The largest absolute Gasteiger partial charge is 0.338 e. The maximum atomic E-state index is 5.47. The van der Waals surface area contributed by atoms with E-state index >= 15 is 0 Å². The molecule has 0 N–H and O–H groups in total. The van der Waals surface area contributed by atoms with Crippen molar-refractivity contribution in [3.63, 3.8) is 0 Å². The fourth-order valence-electron chi connectivity index (χ4n) is 4.26. The van der Waals surface area contributed by atoms with Gasteiger partial charge in [0.25, 0.3) is 0 Å². The highest BCUT2D eigenvalue weighted by atomic mass is 16.5. The van der Waals surface area contributed by atoms with E-state index in [2.05, 4.69) is 26.9 Å². The summed E-state index contributed by atoms with van der Waals surface area (Å²) in [6.45, 7) is 8.05. The summed E-state index contributed by atoms with van der Waals surface area (Å²) in [6.07, 6.45) is 5.31. The van der Waals surface area contributed by atoms with Crippen LogP contribution < -0.4 is 0 Å². The normalized spacial score (nSPS) is 21.6. The number of likely N-dealkylation sites (tertiary alicyclic amines) is 2. The Hall–Kier alpha value is -1.72. The molecule has 2 saturated heterocycles. The van der Waals surface area contributed by atoms with E-state index < -0.39 is 0 Å². The molecule has 0 spiro atoms. The van der Waals surface area contributed by atoms with E-state index in [0.717, 1.165) is 43.0 Å². The molecule has 2 aliphatic heterocycles. The Morgan fingerprint density at radius 1 is 1.08 bits per heavy atom. The van der Waals surface area contributed by atoms with Gasteiger partial charge in [0.05, 0.1) is 6.54 Å². The van der Waals surface area contributed by atoms with Crippen LogP contribution in [-0.2, 0) is 6.54 Å². The van der Waals surface area contributed by atoms with Gasteiger partial charge >= 0.3 is 0 Å². The molecule has 1 aromatic heterocycles. The molecule has 1 unspecified atom stereocenters. The molecular weight excluding hydrogens is 312 g/mol. The molecule has 0 bridgehead atoms. The van der Waals surface area contributed by atoms with Gasteiger partial charge in [-0.15, -0.1) is 0 Å². The molecule has 134 valence electrons. The Labute approximate surface area is 150 Å². The van der Waals surface area contributed by atoms with Crippen LogP contribution in [-0.4, -0.2) is 52.2 Å². The number of aromatic nitrogens is 2. The molecule has 2 aromatic rings. The summed E-state index contributed by atoms with van der Waals surface area (Å²) in [6, 6.07) is 10.8. The predicted molar refractivity (Wildman–Crippen MR) is 98.0 cm³/mol. The topological polar surface area (TPSA) is 45.4 Å². The number of piperidine rings is 1. The van der Waals surface area contributed by atoms with E-state index in [1.807, 2.05) is 30.3 Å². The van der Waals surface area contributed by atoms with Crippen molar-refractivity contribution in [3.05, 3.63) is 36.2 Å². The van der Waals surface area contributed by atoms with Crippen LogP contribution in [0.25, 0.3) is 11.4 Å². The van der Waals surface area contributed by atoms with Gasteiger partial charge in [0.1, 0.15) is 0 Å². The van der Waals surface area contributed by atoms with Crippen molar-refractivity contribution in [1.82, 2.24) is 19.9 Å². The van der Waals surface area contributed by atoms with Crippen LogP contribution >= 0.6 is 0 Å². The van der Waals surface area contributed by atoms with E-state index in [1.54, 1.807) is 0 Å². The summed E-state index contributed by atoms with van der Waals surface area (Å²) in [5, 5.41) is 4.13. The van der Waals surface area contributed by atoms with Crippen molar-refractivity contribution in [2.75, 3.05) is 26.2 Å². The van der Waals surface area contributed by atoms with Gasteiger partial charge in [-0.1, -0.05) is 35.5 Å². The lowest BCUT2D eigenvalue weighted by molar-refractivity contribution is 0.101. The van der Waals surface area contributed by atoms with Gasteiger partial charge in [0, 0.05) is 11.6 Å². The fraction of sp³-hybridized carbons (Fsp3) is 0.600. The van der Waals surface area contributed by atoms with Crippen molar-refractivity contribution in [3.8, 4) is 11.4 Å². The lowest BCUT2D eigenvalue weighted by Crippen LogP contribution is -2.42. The third-order valence-electron chi connectivity index (χ3n) is 5.89. The van der Waals surface area contributed by atoms with Crippen LogP contribution in [0.2, 0.25) is 0 Å². The highest BCUT2D eigenvalue weighted by Gasteiger charge is 2.29. The average molecular weight is 340 g/mol. The molecule has 4 rings (SSSR count). The summed E-state index contributed by atoms with van der Waals surface area (Å²) < 4.78 is 5.47. The van der Waals surface area contributed by atoms with Crippen LogP contribution in [0.4, 0.5) is 0 Å². The van der Waals surface area contributed by atoms with E-state index in [4.69, 9.17) is 4.52 Å². The molecule has 25 heavy (non-hydrogen) atoms. The van der Waals surface area contributed by atoms with Gasteiger partial charge in [0.2, 0.25) is 11.7 Å². The Balaban J connectivity index is 1.29. The number of hydrogen-bond donors (Lipinski definition) is 0. The average Bonchev–Trinajstić information content (AvgIpc) is 3.35. The molecule has 5 nitrogen and oxygen atoms in total. The standard InChI is InChI=1S/C20H28N4O/c1-16(24-11-5-6-12-24)17-9-13-23(14-10-17)15-19-21-20(22-25-19)18-7-3-2-4-8-18/h2-4,7-8,16-17H,5-6,9-15H2,1H3. The molecule has 0 saturated carbocycles. The maximum Gasteiger partial charge on any atom is 0.241 e. The summed E-state index contributed by atoms with van der Waals surface area (Å²) >= 11 is 0. The lowest BCUT2D eigenvalue weighted by atomic mass is 9.89. The van der Waals surface area contributed by atoms with Gasteiger partial charge in [-0.2, -0.15) is 4.98 Å². The summed E-state index contributed by atoms with van der Waals surface area (Å²) in [7, 11) is 0.